The third kappa shape index (κ3) is 5.01. The molecule has 2 rings (SSSR count). The van der Waals surface area contributed by atoms with Crippen LogP contribution in [0.2, 0.25) is 0 Å². The molecule has 0 fully saturated rings. The van der Waals surface area contributed by atoms with E-state index in [0.717, 1.165) is 22.2 Å². The second-order valence-corrected chi connectivity index (χ2v) is 7.20. The molecule has 0 heterocycles. The Hall–Kier alpha value is -1.06. The van der Waals surface area contributed by atoms with Gasteiger partial charge in [-0.05, 0) is 49.8 Å². The van der Waals surface area contributed by atoms with Gasteiger partial charge in [-0.1, -0.05) is 45.8 Å². The summed E-state index contributed by atoms with van der Waals surface area (Å²) in [6, 6.07) is 14.1. The molecule has 0 bridgehead atoms. The zero-order valence-corrected chi connectivity index (χ0v) is 14.8. The maximum atomic E-state index is 12.1. The van der Waals surface area contributed by atoms with Crippen molar-refractivity contribution in [3.63, 3.8) is 0 Å². The van der Waals surface area contributed by atoms with Crippen molar-refractivity contribution in [1.82, 2.24) is 0 Å². The first kappa shape index (κ1) is 16.3. The van der Waals surface area contributed by atoms with Crippen LogP contribution in [0.4, 0.5) is 0 Å². The molecule has 110 valence electrons. The minimum Gasteiger partial charge on any atom is -0.294 e. The first-order valence-electron chi connectivity index (χ1n) is 7.05. The van der Waals surface area contributed by atoms with Gasteiger partial charge < -0.3 is 0 Å². The van der Waals surface area contributed by atoms with E-state index in [-0.39, 0.29) is 5.78 Å². The number of halogens is 1. The van der Waals surface area contributed by atoms with Gasteiger partial charge in [-0.2, -0.15) is 0 Å². The third-order valence-corrected chi connectivity index (χ3v) is 5.09. The molecule has 0 aliphatic rings. The van der Waals surface area contributed by atoms with Crippen LogP contribution in [0.1, 0.15) is 34.3 Å². The molecule has 0 aliphatic heterocycles. The quantitative estimate of drug-likeness (QED) is 0.365. The van der Waals surface area contributed by atoms with Crippen LogP contribution in [0.15, 0.2) is 51.8 Å². The molecule has 0 aromatic heterocycles. The highest BCUT2D eigenvalue weighted by Crippen LogP contribution is 2.24. The van der Waals surface area contributed by atoms with Crippen LogP contribution in [0.3, 0.4) is 0 Å². The predicted octanol–water partition coefficient (Wildman–Crippen LogP) is 5.82. The van der Waals surface area contributed by atoms with Gasteiger partial charge in [0.1, 0.15) is 0 Å². The van der Waals surface area contributed by atoms with E-state index < -0.39 is 0 Å². The smallest absolute Gasteiger partial charge is 0.162 e. The largest absolute Gasteiger partial charge is 0.294 e. The Morgan fingerprint density at radius 3 is 2.52 bits per heavy atom. The Balaban J connectivity index is 1.80. The summed E-state index contributed by atoms with van der Waals surface area (Å²) in [5.41, 5.74) is 3.40. The van der Waals surface area contributed by atoms with Crippen LogP contribution >= 0.6 is 27.7 Å². The van der Waals surface area contributed by atoms with E-state index in [0.29, 0.717) is 6.42 Å². The molecular formula is C18H19BrOS. The summed E-state index contributed by atoms with van der Waals surface area (Å²) in [5, 5.41) is 0. The molecule has 0 unspecified atom stereocenters. The molecule has 0 saturated carbocycles. The number of rotatable bonds is 6. The van der Waals surface area contributed by atoms with Gasteiger partial charge in [-0.15, -0.1) is 11.8 Å². The van der Waals surface area contributed by atoms with Crippen molar-refractivity contribution in [2.45, 2.75) is 31.6 Å². The number of carbonyl (C=O) groups is 1. The van der Waals surface area contributed by atoms with Crippen LogP contribution in [0.5, 0.6) is 0 Å². The Morgan fingerprint density at radius 1 is 1.10 bits per heavy atom. The Morgan fingerprint density at radius 2 is 1.81 bits per heavy atom. The monoisotopic (exact) mass is 362 g/mol. The summed E-state index contributed by atoms with van der Waals surface area (Å²) in [4.78, 5) is 13.4. The standard InChI is InChI=1S/C18H19BrOS/c1-13-5-6-14(2)18(12-13)21-11-3-4-17(20)15-7-9-16(19)10-8-15/h5-10,12H,3-4,11H2,1-2H3. The Kier molecular flexibility index (Phi) is 6.07. The highest BCUT2D eigenvalue weighted by molar-refractivity contribution is 9.10. The lowest BCUT2D eigenvalue weighted by molar-refractivity contribution is 0.0982. The van der Waals surface area contributed by atoms with E-state index in [2.05, 4.69) is 48.0 Å². The molecule has 0 saturated heterocycles. The zero-order valence-electron chi connectivity index (χ0n) is 12.4. The van der Waals surface area contributed by atoms with Crippen molar-refractivity contribution in [1.29, 1.82) is 0 Å². The molecule has 2 aromatic rings. The highest BCUT2D eigenvalue weighted by Gasteiger charge is 2.06. The van der Waals surface area contributed by atoms with Gasteiger partial charge in [-0.25, -0.2) is 0 Å². The fourth-order valence-electron chi connectivity index (χ4n) is 2.06. The lowest BCUT2D eigenvalue weighted by Gasteiger charge is -2.06. The van der Waals surface area contributed by atoms with E-state index >= 15 is 0 Å². The average Bonchev–Trinajstić information content (AvgIpc) is 2.47. The Bertz CT molecular complexity index is 620. The molecule has 0 aliphatic carbocycles. The summed E-state index contributed by atoms with van der Waals surface area (Å²) >= 11 is 5.22. The summed E-state index contributed by atoms with van der Waals surface area (Å²) in [7, 11) is 0. The minimum atomic E-state index is 0.226. The molecule has 0 amide bonds. The number of aryl methyl sites for hydroxylation is 2. The number of carbonyl (C=O) groups excluding carboxylic acids is 1. The SMILES string of the molecule is Cc1ccc(C)c(SCCCC(=O)c2ccc(Br)cc2)c1. The average molecular weight is 363 g/mol. The van der Waals surface area contributed by atoms with Crippen LogP contribution in [-0.2, 0) is 0 Å². The minimum absolute atomic E-state index is 0.226. The highest BCUT2D eigenvalue weighted by atomic mass is 79.9. The summed E-state index contributed by atoms with van der Waals surface area (Å²) < 4.78 is 1.00. The van der Waals surface area contributed by atoms with Gasteiger partial charge in [0.2, 0.25) is 0 Å². The van der Waals surface area contributed by atoms with E-state index in [1.807, 2.05) is 36.0 Å². The van der Waals surface area contributed by atoms with Crippen molar-refractivity contribution in [3.8, 4) is 0 Å². The predicted molar refractivity (Wildman–Crippen MR) is 94.3 cm³/mol. The first-order valence-corrected chi connectivity index (χ1v) is 8.83. The fraction of sp³-hybridized carbons (Fsp3) is 0.278. The number of hydrogen-bond acceptors (Lipinski definition) is 2. The maximum Gasteiger partial charge on any atom is 0.162 e. The number of Topliss-reactive ketones (excluding diaryl/α,β-unsaturated/α-hetero) is 1. The lowest BCUT2D eigenvalue weighted by atomic mass is 10.1. The second kappa shape index (κ2) is 7.81. The summed E-state index contributed by atoms with van der Waals surface area (Å²) in [5.74, 6) is 1.20. The van der Waals surface area contributed by atoms with Gasteiger partial charge in [0, 0.05) is 21.4 Å². The topological polar surface area (TPSA) is 17.1 Å². The van der Waals surface area contributed by atoms with Crippen molar-refractivity contribution in [2.24, 2.45) is 0 Å². The van der Waals surface area contributed by atoms with Crippen molar-refractivity contribution >= 4 is 33.5 Å². The van der Waals surface area contributed by atoms with Gasteiger partial charge in [0.25, 0.3) is 0 Å². The van der Waals surface area contributed by atoms with Crippen LogP contribution in [0, 0.1) is 13.8 Å². The zero-order chi connectivity index (χ0) is 15.2. The van der Waals surface area contributed by atoms with E-state index in [1.54, 1.807) is 0 Å². The molecule has 0 spiro atoms. The molecule has 0 radical (unpaired) electrons. The van der Waals surface area contributed by atoms with Crippen molar-refractivity contribution in [3.05, 3.63) is 63.6 Å². The number of hydrogen-bond donors (Lipinski definition) is 0. The first-order chi connectivity index (χ1) is 10.1. The van der Waals surface area contributed by atoms with Crippen LogP contribution in [-0.4, -0.2) is 11.5 Å². The summed E-state index contributed by atoms with van der Waals surface area (Å²) in [6.07, 6.45) is 1.52. The molecule has 0 N–H and O–H groups in total. The fourth-order valence-corrected chi connectivity index (χ4v) is 3.40. The number of benzene rings is 2. The second-order valence-electron chi connectivity index (χ2n) is 5.15. The van der Waals surface area contributed by atoms with E-state index in [1.165, 1.54) is 16.0 Å². The molecular weight excluding hydrogens is 344 g/mol. The molecule has 21 heavy (non-hydrogen) atoms. The lowest BCUT2D eigenvalue weighted by Crippen LogP contribution is -1.99. The molecule has 3 heteroatoms. The van der Waals surface area contributed by atoms with Gasteiger partial charge in [0.05, 0.1) is 0 Å². The van der Waals surface area contributed by atoms with Gasteiger partial charge >= 0.3 is 0 Å². The molecule has 0 atom stereocenters. The normalized spacial score (nSPS) is 10.6. The number of ketones is 1. The van der Waals surface area contributed by atoms with Crippen LogP contribution in [0.25, 0.3) is 0 Å². The van der Waals surface area contributed by atoms with E-state index in [9.17, 15) is 4.79 Å². The van der Waals surface area contributed by atoms with Crippen molar-refractivity contribution in [2.75, 3.05) is 5.75 Å². The molecule has 1 nitrogen and oxygen atoms in total. The maximum absolute atomic E-state index is 12.1. The third-order valence-electron chi connectivity index (χ3n) is 3.32. The molecule has 2 aromatic carbocycles. The Labute approximate surface area is 139 Å². The number of thioether (sulfide) groups is 1. The van der Waals surface area contributed by atoms with E-state index in [4.69, 9.17) is 0 Å². The van der Waals surface area contributed by atoms with Gasteiger partial charge in [-0.3, -0.25) is 4.79 Å². The summed E-state index contributed by atoms with van der Waals surface area (Å²) in [6.45, 7) is 4.25. The van der Waals surface area contributed by atoms with Crippen LogP contribution < -0.4 is 0 Å². The van der Waals surface area contributed by atoms with Crippen molar-refractivity contribution < 1.29 is 4.79 Å². The van der Waals surface area contributed by atoms with Gasteiger partial charge in [0.15, 0.2) is 5.78 Å².